The van der Waals surface area contributed by atoms with Crippen molar-refractivity contribution in [2.24, 2.45) is 0 Å². The van der Waals surface area contributed by atoms with Crippen LogP contribution in [0.5, 0.6) is 5.75 Å². The summed E-state index contributed by atoms with van der Waals surface area (Å²) in [5, 5.41) is 5.99. The van der Waals surface area contributed by atoms with Gasteiger partial charge in [-0.1, -0.05) is 36.7 Å². The van der Waals surface area contributed by atoms with E-state index >= 15 is 0 Å². The number of aryl methyl sites for hydroxylation is 2. The highest BCUT2D eigenvalue weighted by Crippen LogP contribution is 2.20. The predicted molar refractivity (Wildman–Crippen MR) is 99.1 cm³/mol. The fraction of sp³-hybridized carbons (Fsp3) is 0.263. The molecule has 0 spiro atoms. The van der Waals surface area contributed by atoms with Crippen molar-refractivity contribution >= 4 is 29.1 Å². The zero-order valence-corrected chi connectivity index (χ0v) is 15.0. The number of anilines is 1. The molecule has 25 heavy (non-hydrogen) atoms. The van der Waals surface area contributed by atoms with Gasteiger partial charge in [0.15, 0.2) is 6.61 Å². The summed E-state index contributed by atoms with van der Waals surface area (Å²) >= 11 is 5.78. The molecule has 2 aromatic rings. The highest BCUT2D eigenvalue weighted by atomic mass is 35.5. The highest BCUT2D eigenvalue weighted by molar-refractivity contribution is 6.30. The molecular formula is C19H21ClN2O3. The SMILES string of the molecule is CCc1cccc(C)c1NC(=O)CNC(=O)COc1ccc(Cl)cc1. The van der Waals surface area contributed by atoms with Gasteiger partial charge in [0.1, 0.15) is 5.75 Å². The molecule has 6 heteroatoms. The van der Waals surface area contributed by atoms with Crippen molar-refractivity contribution in [1.29, 1.82) is 0 Å². The number of rotatable bonds is 7. The smallest absolute Gasteiger partial charge is 0.258 e. The van der Waals surface area contributed by atoms with Gasteiger partial charge in [-0.3, -0.25) is 9.59 Å². The monoisotopic (exact) mass is 360 g/mol. The lowest BCUT2D eigenvalue weighted by Gasteiger charge is -2.13. The molecular weight excluding hydrogens is 340 g/mol. The Morgan fingerprint density at radius 3 is 2.48 bits per heavy atom. The van der Waals surface area contributed by atoms with Crippen LogP contribution in [0, 0.1) is 6.92 Å². The van der Waals surface area contributed by atoms with Crippen molar-refractivity contribution < 1.29 is 14.3 Å². The topological polar surface area (TPSA) is 67.4 Å². The van der Waals surface area contributed by atoms with Gasteiger partial charge in [-0.15, -0.1) is 0 Å². The molecule has 2 amide bonds. The lowest BCUT2D eigenvalue weighted by Crippen LogP contribution is -2.36. The summed E-state index contributed by atoms with van der Waals surface area (Å²) in [5.41, 5.74) is 2.86. The number of hydrogen-bond donors (Lipinski definition) is 2. The molecule has 2 N–H and O–H groups in total. The number of carbonyl (C=O) groups is 2. The second-order valence-electron chi connectivity index (χ2n) is 5.53. The maximum atomic E-state index is 12.1. The van der Waals surface area contributed by atoms with Crippen LogP contribution in [-0.2, 0) is 16.0 Å². The third-order valence-corrected chi connectivity index (χ3v) is 3.89. The fourth-order valence-electron chi connectivity index (χ4n) is 2.30. The van der Waals surface area contributed by atoms with Crippen molar-refractivity contribution in [3.8, 4) is 5.75 Å². The van der Waals surface area contributed by atoms with Crippen LogP contribution >= 0.6 is 11.6 Å². The van der Waals surface area contributed by atoms with Crippen molar-refractivity contribution in [2.75, 3.05) is 18.5 Å². The Bertz CT molecular complexity index is 745. The van der Waals surface area contributed by atoms with Crippen LogP contribution in [0.4, 0.5) is 5.69 Å². The van der Waals surface area contributed by atoms with Crippen molar-refractivity contribution in [1.82, 2.24) is 5.32 Å². The van der Waals surface area contributed by atoms with Crippen LogP contribution in [0.15, 0.2) is 42.5 Å². The highest BCUT2D eigenvalue weighted by Gasteiger charge is 2.10. The molecule has 0 aliphatic carbocycles. The van der Waals surface area contributed by atoms with Gasteiger partial charge in [-0.25, -0.2) is 0 Å². The Morgan fingerprint density at radius 2 is 1.80 bits per heavy atom. The first-order valence-electron chi connectivity index (χ1n) is 8.03. The Labute approximate surface area is 152 Å². The van der Waals surface area contributed by atoms with E-state index in [2.05, 4.69) is 10.6 Å². The van der Waals surface area contributed by atoms with E-state index in [0.29, 0.717) is 10.8 Å². The van der Waals surface area contributed by atoms with Gasteiger partial charge in [0.05, 0.1) is 6.54 Å². The number of halogens is 1. The molecule has 0 heterocycles. The molecule has 0 fully saturated rings. The Morgan fingerprint density at radius 1 is 1.08 bits per heavy atom. The molecule has 5 nitrogen and oxygen atoms in total. The molecule has 0 saturated carbocycles. The summed E-state index contributed by atoms with van der Waals surface area (Å²) in [5.74, 6) is -0.106. The molecule has 2 rings (SSSR count). The number of benzene rings is 2. The van der Waals surface area contributed by atoms with Gasteiger partial charge in [-0.2, -0.15) is 0 Å². The molecule has 0 aromatic heterocycles. The molecule has 0 aliphatic rings. The van der Waals surface area contributed by atoms with E-state index in [1.54, 1.807) is 24.3 Å². The number of para-hydroxylation sites is 1. The molecule has 0 bridgehead atoms. The first kappa shape index (κ1) is 18.8. The van der Waals surface area contributed by atoms with Crippen molar-refractivity contribution in [3.05, 3.63) is 58.6 Å². The second kappa shape index (κ2) is 9.08. The zero-order valence-electron chi connectivity index (χ0n) is 14.3. The average molecular weight is 361 g/mol. The lowest BCUT2D eigenvalue weighted by atomic mass is 10.1. The largest absolute Gasteiger partial charge is 0.484 e. The Hall–Kier alpha value is -2.53. The Kier molecular flexibility index (Phi) is 6.83. The van der Waals surface area contributed by atoms with Crippen LogP contribution in [0.2, 0.25) is 5.02 Å². The number of nitrogens with one attached hydrogen (secondary N) is 2. The van der Waals surface area contributed by atoms with E-state index in [1.807, 2.05) is 32.0 Å². The number of hydrogen-bond acceptors (Lipinski definition) is 3. The summed E-state index contributed by atoms with van der Waals surface area (Å²) in [6.45, 7) is 3.69. The minimum absolute atomic E-state index is 0.111. The second-order valence-corrected chi connectivity index (χ2v) is 5.97. The minimum Gasteiger partial charge on any atom is -0.484 e. The molecule has 0 atom stereocenters. The minimum atomic E-state index is -0.370. The molecule has 0 aliphatic heterocycles. The maximum Gasteiger partial charge on any atom is 0.258 e. The molecule has 0 unspecified atom stereocenters. The molecule has 132 valence electrons. The fourth-order valence-corrected chi connectivity index (χ4v) is 2.42. The van der Waals surface area contributed by atoms with E-state index in [4.69, 9.17) is 16.3 Å². The van der Waals surface area contributed by atoms with Gasteiger partial charge < -0.3 is 15.4 Å². The number of amides is 2. The summed E-state index contributed by atoms with van der Waals surface area (Å²) in [6, 6.07) is 12.6. The number of ether oxygens (including phenoxy) is 1. The predicted octanol–water partition coefficient (Wildman–Crippen LogP) is 3.34. The van der Waals surface area contributed by atoms with Gasteiger partial charge in [0.2, 0.25) is 5.91 Å². The lowest BCUT2D eigenvalue weighted by molar-refractivity contribution is -0.125. The first-order valence-corrected chi connectivity index (χ1v) is 8.40. The number of carbonyl (C=O) groups excluding carboxylic acids is 2. The van der Waals surface area contributed by atoms with Crippen molar-refractivity contribution in [3.63, 3.8) is 0 Å². The van der Waals surface area contributed by atoms with Gasteiger partial charge in [-0.05, 0) is 48.7 Å². The van der Waals surface area contributed by atoms with Crippen LogP contribution in [0.3, 0.4) is 0 Å². The average Bonchev–Trinajstić information content (AvgIpc) is 2.61. The van der Waals surface area contributed by atoms with Gasteiger partial charge in [0, 0.05) is 10.7 Å². The van der Waals surface area contributed by atoms with E-state index < -0.39 is 0 Å². The Balaban J connectivity index is 1.80. The molecule has 0 saturated heterocycles. The molecule has 0 radical (unpaired) electrons. The summed E-state index contributed by atoms with van der Waals surface area (Å²) < 4.78 is 5.33. The third kappa shape index (κ3) is 5.80. The standard InChI is InChI=1S/C19H21ClN2O3/c1-3-14-6-4-5-13(2)19(14)22-17(23)11-21-18(24)12-25-16-9-7-15(20)8-10-16/h4-10H,3,11-12H2,1-2H3,(H,21,24)(H,22,23). The third-order valence-electron chi connectivity index (χ3n) is 3.63. The summed E-state index contributed by atoms with van der Waals surface area (Å²) in [4.78, 5) is 23.9. The summed E-state index contributed by atoms with van der Waals surface area (Å²) in [7, 11) is 0. The van der Waals surface area contributed by atoms with E-state index in [1.165, 1.54) is 0 Å². The van der Waals surface area contributed by atoms with Crippen LogP contribution < -0.4 is 15.4 Å². The normalized spacial score (nSPS) is 10.2. The maximum absolute atomic E-state index is 12.1. The van der Waals surface area contributed by atoms with E-state index in [0.717, 1.165) is 23.2 Å². The first-order chi connectivity index (χ1) is 12.0. The zero-order chi connectivity index (χ0) is 18.2. The van der Waals surface area contributed by atoms with Crippen molar-refractivity contribution in [2.45, 2.75) is 20.3 Å². The van der Waals surface area contributed by atoms with Crippen LogP contribution in [-0.4, -0.2) is 25.0 Å². The quantitative estimate of drug-likeness (QED) is 0.795. The van der Waals surface area contributed by atoms with Crippen LogP contribution in [0.25, 0.3) is 0 Å². The van der Waals surface area contributed by atoms with Gasteiger partial charge in [0.25, 0.3) is 5.91 Å². The van der Waals surface area contributed by atoms with Crippen LogP contribution in [0.1, 0.15) is 18.1 Å². The van der Waals surface area contributed by atoms with E-state index in [9.17, 15) is 9.59 Å². The van der Waals surface area contributed by atoms with Gasteiger partial charge >= 0.3 is 0 Å². The van der Waals surface area contributed by atoms with E-state index in [-0.39, 0.29) is 25.0 Å². The summed E-state index contributed by atoms with van der Waals surface area (Å²) in [6.07, 6.45) is 0.818. The molecule has 2 aromatic carbocycles.